The number of pyridine rings is 1. The minimum atomic E-state index is -0.548. The average Bonchev–Trinajstić information content (AvgIpc) is 3.56. The van der Waals surface area contributed by atoms with E-state index in [-0.39, 0.29) is 0 Å². The van der Waals surface area contributed by atoms with E-state index in [2.05, 4.69) is 187 Å². The van der Waals surface area contributed by atoms with Crippen molar-refractivity contribution < 1.29 is 0 Å². The fourth-order valence-electron chi connectivity index (χ4n) is 9.73. The smallest absolute Gasteiger partial charge is 0.165 e. The molecular formula is C55H34N4. The van der Waals surface area contributed by atoms with Gasteiger partial charge in [0.1, 0.15) is 0 Å². The van der Waals surface area contributed by atoms with Gasteiger partial charge in [-0.3, -0.25) is 4.98 Å². The summed E-state index contributed by atoms with van der Waals surface area (Å²) in [6.07, 6.45) is 3.59. The summed E-state index contributed by atoms with van der Waals surface area (Å²) in [7, 11) is 0. The molecule has 2 aromatic heterocycles. The fraction of sp³-hybridized carbons (Fsp3) is 0.0182. The molecule has 0 saturated heterocycles. The number of fused-ring (bicyclic) bond motifs is 13. The van der Waals surface area contributed by atoms with Crippen molar-refractivity contribution in [1.29, 1.82) is 0 Å². The van der Waals surface area contributed by atoms with Crippen LogP contribution in [0.5, 0.6) is 0 Å². The van der Waals surface area contributed by atoms with Crippen molar-refractivity contribution in [3.8, 4) is 78.7 Å². The predicted molar refractivity (Wildman–Crippen MR) is 239 cm³/mol. The van der Waals surface area contributed by atoms with Crippen LogP contribution in [0.2, 0.25) is 0 Å². The van der Waals surface area contributed by atoms with Crippen LogP contribution in [0, 0.1) is 0 Å². The van der Waals surface area contributed by atoms with E-state index in [1.807, 2.05) is 18.3 Å². The lowest BCUT2D eigenvalue weighted by Crippen LogP contribution is -2.29. The molecule has 2 heterocycles. The van der Waals surface area contributed by atoms with Gasteiger partial charge in [0.25, 0.3) is 0 Å². The molecule has 4 nitrogen and oxygen atoms in total. The first kappa shape index (κ1) is 33.3. The quantitative estimate of drug-likeness (QED) is 0.180. The van der Waals surface area contributed by atoms with Crippen LogP contribution >= 0.6 is 0 Å². The summed E-state index contributed by atoms with van der Waals surface area (Å²) >= 11 is 0. The highest BCUT2D eigenvalue weighted by molar-refractivity contribution is 5.99. The Balaban J connectivity index is 1.08. The van der Waals surface area contributed by atoms with Crippen LogP contribution in [-0.4, -0.2) is 19.9 Å². The minimum absolute atomic E-state index is 0.548. The molecule has 0 radical (unpaired) electrons. The number of hydrogen-bond acceptors (Lipinski definition) is 4. The lowest BCUT2D eigenvalue weighted by molar-refractivity contribution is 0.775. The second-order valence-electron chi connectivity index (χ2n) is 15.3. The maximum Gasteiger partial charge on any atom is 0.165 e. The average molecular weight is 751 g/mol. The van der Waals surface area contributed by atoms with Crippen molar-refractivity contribution in [1.82, 2.24) is 19.9 Å². The Hall–Kier alpha value is -7.82. The molecule has 10 aromatic rings. The zero-order valence-electron chi connectivity index (χ0n) is 31.9. The zero-order valence-corrected chi connectivity index (χ0v) is 31.9. The molecule has 0 amide bonds. The van der Waals surface area contributed by atoms with Gasteiger partial charge in [0.15, 0.2) is 17.5 Å². The second kappa shape index (κ2) is 13.1. The summed E-state index contributed by atoms with van der Waals surface area (Å²) in [6, 6.07) is 70.0. The molecule has 2 aliphatic carbocycles. The lowest BCUT2D eigenvalue weighted by Gasteiger charge is -2.35. The molecule has 1 spiro atoms. The first-order chi connectivity index (χ1) is 29.3. The van der Waals surface area contributed by atoms with Gasteiger partial charge in [-0.25, -0.2) is 15.0 Å². The Bertz CT molecular complexity index is 3230. The molecule has 8 aromatic carbocycles. The van der Waals surface area contributed by atoms with E-state index in [0.717, 1.165) is 27.8 Å². The number of aromatic nitrogens is 4. The van der Waals surface area contributed by atoms with E-state index < -0.39 is 5.41 Å². The van der Waals surface area contributed by atoms with Crippen molar-refractivity contribution in [3.05, 3.63) is 229 Å². The number of rotatable bonds is 4. The standard InChI is InChI=1S/C55H34N4/c1-2-16-40-35(13-1)14-11-22-41(40)36-26-28-37(29-27-36)52-57-53(59-54(58-52)39-15-12-32-56-34-39)38-30-31-51-47(33-38)43-18-4-3-17-42(43)44-19-5-8-23-48(44)55(51)49-24-9-6-20-45(49)46-21-7-10-25-50(46)55/h1-34H. The van der Waals surface area contributed by atoms with E-state index in [0.29, 0.717) is 17.5 Å². The summed E-state index contributed by atoms with van der Waals surface area (Å²) < 4.78 is 0. The van der Waals surface area contributed by atoms with Crippen LogP contribution in [0.3, 0.4) is 0 Å². The Kier molecular flexibility index (Phi) is 7.41. The Morgan fingerprint density at radius 1 is 0.305 bits per heavy atom. The molecule has 0 aliphatic heterocycles. The lowest BCUT2D eigenvalue weighted by atomic mass is 9.66. The van der Waals surface area contributed by atoms with Crippen LogP contribution in [0.15, 0.2) is 207 Å². The first-order valence-corrected chi connectivity index (χ1v) is 20.0. The van der Waals surface area contributed by atoms with Crippen molar-refractivity contribution in [2.75, 3.05) is 0 Å². The maximum atomic E-state index is 5.24. The van der Waals surface area contributed by atoms with Gasteiger partial charge in [-0.1, -0.05) is 176 Å². The maximum absolute atomic E-state index is 5.24. The van der Waals surface area contributed by atoms with Crippen molar-refractivity contribution in [2.45, 2.75) is 5.41 Å². The molecule has 0 saturated carbocycles. The predicted octanol–water partition coefficient (Wildman–Crippen LogP) is 13.1. The topological polar surface area (TPSA) is 51.6 Å². The van der Waals surface area contributed by atoms with E-state index in [1.165, 1.54) is 66.4 Å². The molecule has 0 N–H and O–H groups in total. The normalized spacial score (nSPS) is 12.9. The fourth-order valence-corrected chi connectivity index (χ4v) is 9.73. The Morgan fingerprint density at radius 2 is 0.780 bits per heavy atom. The molecule has 274 valence electrons. The van der Waals surface area contributed by atoms with E-state index in [9.17, 15) is 0 Å². The van der Waals surface area contributed by atoms with Gasteiger partial charge in [-0.15, -0.1) is 0 Å². The highest BCUT2D eigenvalue weighted by Crippen LogP contribution is 2.61. The van der Waals surface area contributed by atoms with Gasteiger partial charge in [0.05, 0.1) is 5.41 Å². The molecule has 0 atom stereocenters. The third-order valence-corrected chi connectivity index (χ3v) is 12.3. The Morgan fingerprint density at radius 3 is 1.44 bits per heavy atom. The summed E-state index contributed by atoms with van der Waals surface area (Å²) in [5, 5.41) is 2.44. The van der Waals surface area contributed by atoms with Crippen molar-refractivity contribution >= 4 is 10.8 Å². The van der Waals surface area contributed by atoms with Gasteiger partial charge in [-0.2, -0.15) is 0 Å². The molecule has 0 fully saturated rings. The molecule has 59 heavy (non-hydrogen) atoms. The highest BCUT2D eigenvalue weighted by atomic mass is 15.0. The van der Waals surface area contributed by atoms with Gasteiger partial charge in [0.2, 0.25) is 0 Å². The highest BCUT2D eigenvalue weighted by Gasteiger charge is 2.49. The molecule has 0 unspecified atom stereocenters. The van der Waals surface area contributed by atoms with Gasteiger partial charge in [0, 0.05) is 29.1 Å². The van der Waals surface area contributed by atoms with Crippen LogP contribution < -0.4 is 0 Å². The second-order valence-corrected chi connectivity index (χ2v) is 15.3. The van der Waals surface area contributed by atoms with Crippen LogP contribution in [0.4, 0.5) is 0 Å². The summed E-state index contributed by atoms with van der Waals surface area (Å²) in [4.78, 5) is 19.9. The first-order valence-electron chi connectivity index (χ1n) is 20.0. The SMILES string of the molecule is c1cncc(-c2nc(-c3ccc(-c4cccc5ccccc45)cc3)nc(-c3ccc4c(c3)-c3ccccc3-c3ccccc3C43c4ccccc4-c4ccccc43)n2)c1. The van der Waals surface area contributed by atoms with E-state index in [4.69, 9.17) is 15.0 Å². The van der Waals surface area contributed by atoms with Gasteiger partial charge < -0.3 is 0 Å². The van der Waals surface area contributed by atoms with Gasteiger partial charge in [-0.05, 0) is 95.7 Å². The van der Waals surface area contributed by atoms with Gasteiger partial charge >= 0.3 is 0 Å². The van der Waals surface area contributed by atoms with Crippen LogP contribution in [0.1, 0.15) is 22.3 Å². The molecular weight excluding hydrogens is 717 g/mol. The number of hydrogen-bond donors (Lipinski definition) is 0. The van der Waals surface area contributed by atoms with Crippen LogP contribution in [0.25, 0.3) is 89.4 Å². The van der Waals surface area contributed by atoms with Crippen molar-refractivity contribution in [2.24, 2.45) is 0 Å². The monoisotopic (exact) mass is 750 g/mol. The number of benzene rings is 8. The largest absolute Gasteiger partial charge is 0.264 e. The minimum Gasteiger partial charge on any atom is -0.264 e. The third kappa shape index (κ3) is 5.03. The third-order valence-electron chi connectivity index (χ3n) is 12.3. The zero-order chi connectivity index (χ0) is 38.9. The number of nitrogens with zero attached hydrogens (tertiary/aromatic N) is 4. The summed E-state index contributed by atoms with van der Waals surface area (Å²) in [5.41, 5.74) is 16.9. The molecule has 2 aliphatic rings. The molecule has 12 rings (SSSR count). The Labute approximate surface area is 342 Å². The summed E-state index contributed by atoms with van der Waals surface area (Å²) in [5.74, 6) is 1.79. The van der Waals surface area contributed by atoms with E-state index >= 15 is 0 Å². The van der Waals surface area contributed by atoms with E-state index in [1.54, 1.807) is 6.20 Å². The molecule has 4 heteroatoms. The van der Waals surface area contributed by atoms with Crippen molar-refractivity contribution in [3.63, 3.8) is 0 Å². The van der Waals surface area contributed by atoms with Crippen LogP contribution in [-0.2, 0) is 5.41 Å². The summed E-state index contributed by atoms with van der Waals surface area (Å²) in [6.45, 7) is 0. The molecule has 0 bridgehead atoms.